The monoisotopic (exact) mass is 381 g/mol. The lowest BCUT2D eigenvalue weighted by molar-refractivity contribution is -0.136. The van der Waals surface area contributed by atoms with Crippen LogP contribution < -0.4 is 19.5 Å². The number of rotatable bonds is 5. The lowest BCUT2D eigenvalue weighted by Gasteiger charge is -2.28. The van der Waals surface area contributed by atoms with Crippen molar-refractivity contribution in [2.75, 3.05) is 26.1 Å². The molecule has 0 saturated heterocycles. The molecule has 0 amide bonds. The second kappa shape index (κ2) is 7.11. The van der Waals surface area contributed by atoms with E-state index >= 15 is 0 Å². The van der Waals surface area contributed by atoms with Crippen molar-refractivity contribution >= 4 is 11.7 Å². The van der Waals surface area contributed by atoms with Gasteiger partial charge in [0, 0.05) is 17.7 Å². The third kappa shape index (κ3) is 3.15. The Morgan fingerprint density at radius 1 is 1.04 bits per heavy atom. The number of carbonyl (C=O) groups is 1. The molecule has 0 radical (unpaired) electrons. The zero-order chi connectivity index (χ0) is 19.8. The molecule has 1 unspecified atom stereocenters. The molecule has 4 rings (SSSR count). The standard InChI is InChI=1S/C22H23NO5/c1-12(2)28-14-5-6-18-17(10-14)20(21-19(23-18)11-27-22(21)24)13-7-15(25-3)9-16(8-13)26-4/h5-10,12,20,23H,11H2,1-4H3. The van der Waals surface area contributed by atoms with Crippen molar-refractivity contribution in [3.8, 4) is 17.2 Å². The van der Waals surface area contributed by atoms with E-state index in [1.54, 1.807) is 14.2 Å². The van der Waals surface area contributed by atoms with E-state index in [-0.39, 0.29) is 24.6 Å². The van der Waals surface area contributed by atoms with Gasteiger partial charge in [-0.25, -0.2) is 4.79 Å². The number of fused-ring (bicyclic) bond motifs is 1. The fourth-order valence-electron chi connectivity index (χ4n) is 3.71. The first-order valence-electron chi connectivity index (χ1n) is 9.21. The Kier molecular flexibility index (Phi) is 4.63. The molecule has 2 aromatic carbocycles. The molecule has 0 fully saturated rings. The van der Waals surface area contributed by atoms with Crippen molar-refractivity contribution in [2.24, 2.45) is 0 Å². The number of ether oxygens (including phenoxy) is 4. The highest BCUT2D eigenvalue weighted by molar-refractivity contribution is 5.97. The number of carbonyl (C=O) groups excluding carboxylic acids is 1. The van der Waals surface area contributed by atoms with E-state index in [2.05, 4.69) is 5.32 Å². The summed E-state index contributed by atoms with van der Waals surface area (Å²) in [6.45, 7) is 4.21. The smallest absolute Gasteiger partial charge is 0.337 e. The van der Waals surface area contributed by atoms with Crippen LogP contribution in [0, 0.1) is 0 Å². The summed E-state index contributed by atoms with van der Waals surface area (Å²) < 4.78 is 22.1. The zero-order valence-corrected chi connectivity index (χ0v) is 16.4. The molecule has 2 aliphatic heterocycles. The van der Waals surface area contributed by atoms with E-state index in [0.717, 1.165) is 28.3 Å². The summed E-state index contributed by atoms with van der Waals surface area (Å²) in [5, 5.41) is 3.34. The quantitative estimate of drug-likeness (QED) is 0.794. The van der Waals surface area contributed by atoms with Crippen molar-refractivity contribution < 1.29 is 23.7 Å². The number of anilines is 1. The summed E-state index contributed by atoms with van der Waals surface area (Å²) in [6.07, 6.45) is 0.0520. The van der Waals surface area contributed by atoms with E-state index in [0.29, 0.717) is 17.1 Å². The number of methoxy groups -OCH3 is 2. The number of esters is 1. The van der Waals surface area contributed by atoms with Gasteiger partial charge < -0.3 is 24.3 Å². The van der Waals surface area contributed by atoms with Gasteiger partial charge in [0.2, 0.25) is 0 Å². The first-order chi connectivity index (χ1) is 13.5. The van der Waals surface area contributed by atoms with Gasteiger partial charge in [-0.15, -0.1) is 0 Å². The van der Waals surface area contributed by atoms with E-state index in [9.17, 15) is 4.79 Å². The summed E-state index contributed by atoms with van der Waals surface area (Å²) in [7, 11) is 3.22. The number of cyclic esters (lactones) is 1. The molecule has 1 N–H and O–H groups in total. The number of nitrogens with one attached hydrogen (secondary N) is 1. The second-order valence-electron chi connectivity index (χ2n) is 7.09. The molecule has 1 atom stereocenters. The lowest BCUT2D eigenvalue weighted by Crippen LogP contribution is -2.20. The number of hydrogen-bond acceptors (Lipinski definition) is 6. The van der Waals surface area contributed by atoms with Crippen LogP contribution >= 0.6 is 0 Å². The van der Waals surface area contributed by atoms with Gasteiger partial charge >= 0.3 is 5.97 Å². The van der Waals surface area contributed by atoms with E-state index < -0.39 is 0 Å². The molecule has 0 spiro atoms. The number of hydrogen-bond donors (Lipinski definition) is 1. The van der Waals surface area contributed by atoms with Crippen LogP contribution in [0.2, 0.25) is 0 Å². The van der Waals surface area contributed by atoms with Crippen LogP contribution in [0.3, 0.4) is 0 Å². The van der Waals surface area contributed by atoms with Crippen LogP contribution in [0.15, 0.2) is 47.7 Å². The Balaban J connectivity index is 1.90. The van der Waals surface area contributed by atoms with Gasteiger partial charge in [0.1, 0.15) is 23.9 Å². The number of benzene rings is 2. The second-order valence-corrected chi connectivity index (χ2v) is 7.09. The fraction of sp³-hybridized carbons (Fsp3) is 0.318. The predicted octanol–water partition coefficient (Wildman–Crippen LogP) is 3.86. The molecule has 28 heavy (non-hydrogen) atoms. The molecule has 6 nitrogen and oxygen atoms in total. The third-order valence-electron chi connectivity index (χ3n) is 4.88. The van der Waals surface area contributed by atoms with Crippen LogP contribution in [0.5, 0.6) is 17.2 Å². The average Bonchev–Trinajstić information content (AvgIpc) is 3.05. The average molecular weight is 381 g/mol. The van der Waals surface area contributed by atoms with Gasteiger partial charge in [-0.2, -0.15) is 0 Å². The molecule has 0 bridgehead atoms. The van der Waals surface area contributed by atoms with E-state index in [1.165, 1.54) is 0 Å². The van der Waals surface area contributed by atoms with Crippen LogP contribution in [-0.2, 0) is 9.53 Å². The first kappa shape index (κ1) is 18.2. The van der Waals surface area contributed by atoms with Gasteiger partial charge in [-0.1, -0.05) is 0 Å². The molecule has 0 saturated carbocycles. The maximum absolute atomic E-state index is 12.6. The fourth-order valence-corrected chi connectivity index (χ4v) is 3.71. The van der Waals surface area contributed by atoms with Gasteiger partial charge in [-0.3, -0.25) is 0 Å². The van der Waals surface area contributed by atoms with Gasteiger partial charge in [0.05, 0.1) is 31.6 Å². The predicted molar refractivity (Wildman–Crippen MR) is 105 cm³/mol. The van der Waals surface area contributed by atoms with Crippen LogP contribution in [0.1, 0.15) is 30.9 Å². The Morgan fingerprint density at radius 3 is 2.39 bits per heavy atom. The Bertz CT molecular complexity index is 941. The largest absolute Gasteiger partial charge is 0.497 e. The molecule has 6 heteroatoms. The summed E-state index contributed by atoms with van der Waals surface area (Å²) in [6, 6.07) is 11.5. The minimum absolute atomic E-state index is 0.0520. The minimum Gasteiger partial charge on any atom is -0.497 e. The van der Waals surface area contributed by atoms with Crippen molar-refractivity contribution in [1.29, 1.82) is 0 Å². The van der Waals surface area contributed by atoms with Crippen molar-refractivity contribution in [2.45, 2.75) is 25.9 Å². The van der Waals surface area contributed by atoms with Crippen LogP contribution in [0.4, 0.5) is 5.69 Å². The topological polar surface area (TPSA) is 66.0 Å². The summed E-state index contributed by atoms with van der Waals surface area (Å²) in [5.74, 6) is 1.47. The maximum Gasteiger partial charge on any atom is 0.337 e. The zero-order valence-electron chi connectivity index (χ0n) is 16.4. The van der Waals surface area contributed by atoms with Crippen molar-refractivity contribution in [3.63, 3.8) is 0 Å². The normalized spacial score (nSPS) is 17.6. The SMILES string of the molecule is COc1cc(OC)cc(C2C3=C(COC3=O)Nc3ccc(OC(C)C)cc32)c1. The van der Waals surface area contributed by atoms with Gasteiger partial charge in [-0.05, 0) is 55.3 Å². The van der Waals surface area contributed by atoms with E-state index in [1.807, 2.05) is 50.2 Å². The Labute approximate surface area is 164 Å². The highest BCUT2D eigenvalue weighted by Gasteiger charge is 2.39. The molecule has 0 aromatic heterocycles. The third-order valence-corrected chi connectivity index (χ3v) is 4.88. The molecule has 2 aliphatic rings. The van der Waals surface area contributed by atoms with Crippen molar-refractivity contribution in [3.05, 3.63) is 58.8 Å². The minimum atomic E-state index is -0.310. The molecule has 2 aromatic rings. The first-order valence-corrected chi connectivity index (χ1v) is 9.21. The molecular formula is C22H23NO5. The Hall–Kier alpha value is -3.15. The molecular weight excluding hydrogens is 358 g/mol. The molecule has 146 valence electrons. The maximum atomic E-state index is 12.6. The van der Waals surface area contributed by atoms with Crippen LogP contribution in [0.25, 0.3) is 0 Å². The highest BCUT2D eigenvalue weighted by atomic mass is 16.5. The summed E-state index contributed by atoms with van der Waals surface area (Å²) in [5.41, 5.74) is 4.18. The Morgan fingerprint density at radius 2 is 1.75 bits per heavy atom. The van der Waals surface area contributed by atoms with Crippen molar-refractivity contribution in [1.82, 2.24) is 0 Å². The highest BCUT2D eigenvalue weighted by Crippen LogP contribution is 2.46. The molecule has 0 aliphatic carbocycles. The van der Waals surface area contributed by atoms with Gasteiger partial charge in [0.15, 0.2) is 0 Å². The summed E-state index contributed by atoms with van der Waals surface area (Å²) in [4.78, 5) is 12.6. The lowest BCUT2D eigenvalue weighted by atomic mass is 9.81. The van der Waals surface area contributed by atoms with Crippen LogP contribution in [-0.4, -0.2) is 32.9 Å². The van der Waals surface area contributed by atoms with Gasteiger partial charge in [0.25, 0.3) is 0 Å². The van der Waals surface area contributed by atoms with E-state index in [4.69, 9.17) is 18.9 Å². The molecule has 2 heterocycles. The summed E-state index contributed by atoms with van der Waals surface area (Å²) >= 11 is 0.